The number of aromatic nitrogens is 1. The number of hydrogen-bond donors (Lipinski definition) is 1. The molecular formula is C10H11F3N2O2. The quantitative estimate of drug-likeness (QED) is 0.883. The van der Waals surface area contributed by atoms with E-state index in [9.17, 15) is 18.0 Å². The fraction of sp³-hybridized carbons (Fsp3) is 0.400. The molecule has 0 saturated carbocycles. The van der Waals surface area contributed by atoms with E-state index in [4.69, 9.17) is 5.11 Å². The van der Waals surface area contributed by atoms with E-state index in [0.717, 1.165) is 4.90 Å². The molecule has 1 N–H and O–H groups in total. The highest BCUT2D eigenvalue weighted by Gasteiger charge is 2.32. The minimum absolute atomic E-state index is 0.222. The number of carboxylic acids is 1. The molecule has 0 unspecified atom stereocenters. The molecule has 0 aromatic carbocycles. The van der Waals surface area contributed by atoms with E-state index < -0.39 is 25.2 Å². The van der Waals surface area contributed by atoms with Crippen molar-refractivity contribution < 1.29 is 23.1 Å². The highest BCUT2D eigenvalue weighted by atomic mass is 19.4. The number of pyridine rings is 1. The summed E-state index contributed by atoms with van der Waals surface area (Å²) in [6, 6.07) is 1.37. The third kappa shape index (κ3) is 4.29. The first kappa shape index (κ1) is 13.3. The van der Waals surface area contributed by atoms with Crippen LogP contribution in [0.15, 0.2) is 18.5 Å². The molecule has 94 valence electrons. The maximum absolute atomic E-state index is 12.3. The van der Waals surface area contributed by atoms with Gasteiger partial charge < -0.3 is 10.0 Å². The number of carboxylic acid groups (broad SMARTS) is 1. The Bertz CT molecular complexity index is 407. The molecule has 0 bridgehead atoms. The topological polar surface area (TPSA) is 53.4 Å². The predicted molar refractivity (Wildman–Crippen MR) is 54.9 cm³/mol. The molecule has 1 aromatic rings. The van der Waals surface area contributed by atoms with Crippen molar-refractivity contribution in [3.63, 3.8) is 0 Å². The fourth-order valence-corrected chi connectivity index (χ4v) is 1.43. The van der Waals surface area contributed by atoms with Crippen LogP contribution < -0.4 is 4.90 Å². The summed E-state index contributed by atoms with van der Waals surface area (Å²) in [6.45, 7) is -0.428. The summed E-state index contributed by atoms with van der Waals surface area (Å²) in [5.74, 6) is -1.31. The average Bonchev–Trinajstić information content (AvgIpc) is 2.14. The first-order valence-electron chi connectivity index (χ1n) is 4.73. The van der Waals surface area contributed by atoms with E-state index in [1.54, 1.807) is 6.92 Å². The summed E-state index contributed by atoms with van der Waals surface area (Å²) >= 11 is 0. The normalized spacial score (nSPS) is 11.3. The molecular weight excluding hydrogens is 237 g/mol. The first-order chi connectivity index (χ1) is 7.79. The molecule has 1 heterocycles. The van der Waals surface area contributed by atoms with Crippen molar-refractivity contribution in [2.24, 2.45) is 0 Å². The summed E-state index contributed by atoms with van der Waals surface area (Å²) in [5, 5.41) is 8.61. The van der Waals surface area contributed by atoms with Gasteiger partial charge in [-0.05, 0) is 18.6 Å². The van der Waals surface area contributed by atoms with E-state index >= 15 is 0 Å². The molecule has 0 atom stereocenters. The van der Waals surface area contributed by atoms with Gasteiger partial charge in [0.2, 0.25) is 0 Å². The van der Waals surface area contributed by atoms with Gasteiger partial charge in [0.15, 0.2) is 0 Å². The fourth-order valence-electron chi connectivity index (χ4n) is 1.43. The zero-order valence-corrected chi connectivity index (χ0v) is 9.03. The summed E-state index contributed by atoms with van der Waals surface area (Å²) in [5.41, 5.74) is 0.720. The SMILES string of the molecule is Cc1cnccc1N(CC(=O)O)CC(F)(F)F. The number of rotatable bonds is 4. The average molecular weight is 248 g/mol. The summed E-state index contributed by atoms with van der Waals surface area (Å²) in [7, 11) is 0. The largest absolute Gasteiger partial charge is 0.480 e. The Morgan fingerprint density at radius 2 is 2.18 bits per heavy atom. The van der Waals surface area contributed by atoms with Gasteiger partial charge in [-0.1, -0.05) is 0 Å². The monoisotopic (exact) mass is 248 g/mol. The third-order valence-corrected chi connectivity index (χ3v) is 2.03. The highest BCUT2D eigenvalue weighted by Crippen LogP contribution is 2.23. The van der Waals surface area contributed by atoms with Crippen molar-refractivity contribution in [2.75, 3.05) is 18.0 Å². The third-order valence-electron chi connectivity index (χ3n) is 2.03. The van der Waals surface area contributed by atoms with Crippen molar-refractivity contribution in [3.05, 3.63) is 24.0 Å². The number of nitrogens with zero attached hydrogens (tertiary/aromatic N) is 2. The molecule has 7 heteroatoms. The highest BCUT2D eigenvalue weighted by molar-refractivity contribution is 5.74. The van der Waals surface area contributed by atoms with Crippen LogP contribution in [0.4, 0.5) is 18.9 Å². The number of halogens is 3. The molecule has 0 fully saturated rings. The molecule has 0 amide bonds. The minimum atomic E-state index is -4.45. The second-order valence-electron chi connectivity index (χ2n) is 3.53. The predicted octanol–water partition coefficient (Wildman–Crippen LogP) is 1.84. The number of carbonyl (C=O) groups is 1. The zero-order valence-electron chi connectivity index (χ0n) is 9.03. The van der Waals surface area contributed by atoms with Gasteiger partial charge in [0.05, 0.1) is 0 Å². The Labute approximate surface area is 95.7 Å². The lowest BCUT2D eigenvalue weighted by atomic mass is 10.2. The van der Waals surface area contributed by atoms with Crippen LogP contribution in [0.5, 0.6) is 0 Å². The van der Waals surface area contributed by atoms with Crippen molar-refractivity contribution in [3.8, 4) is 0 Å². The Morgan fingerprint density at radius 1 is 1.53 bits per heavy atom. The van der Waals surface area contributed by atoms with Gasteiger partial charge >= 0.3 is 12.1 Å². The minimum Gasteiger partial charge on any atom is -0.480 e. The standard InChI is InChI=1S/C10H11F3N2O2/c1-7-4-14-3-2-8(7)15(5-9(16)17)6-10(11,12)13/h2-4H,5-6H2,1H3,(H,16,17). The molecule has 0 spiro atoms. The second-order valence-corrected chi connectivity index (χ2v) is 3.53. The molecule has 4 nitrogen and oxygen atoms in total. The number of hydrogen-bond acceptors (Lipinski definition) is 3. The van der Waals surface area contributed by atoms with Crippen LogP contribution in [0, 0.1) is 6.92 Å². The van der Waals surface area contributed by atoms with E-state index in [2.05, 4.69) is 4.98 Å². The number of anilines is 1. The van der Waals surface area contributed by atoms with Gasteiger partial charge in [0.25, 0.3) is 0 Å². The van der Waals surface area contributed by atoms with E-state index in [0.29, 0.717) is 5.56 Å². The smallest absolute Gasteiger partial charge is 0.405 e. The van der Waals surface area contributed by atoms with Gasteiger partial charge in [-0.2, -0.15) is 13.2 Å². The molecule has 1 rings (SSSR count). The van der Waals surface area contributed by atoms with Crippen LogP contribution in [-0.2, 0) is 4.79 Å². The molecule has 0 aliphatic heterocycles. The van der Waals surface area contributed by atoms with Gasteiger partial charge in [-0.3, -0.25) is 9.78 Å². The van der Waals surface area contributed by atoms with Crippen LogP contribution >= 0.6 is 0 Å². The molecule has 0 radical (unpaired) electrons. The lowest BCUT2D eigenvalue weighted by molar-refractivity contribution is -0.136. The van der Waals surface area contributed by atoms with Crippen molar-refractivity contribution >= 4 is 11.7 Å². The summed E-state index contributed by atoms with van der Waals surface area (Å²) in [6.07, 6.45) is -1.74. The van der Waals surface area contributed by atoms with Gasteiger partial charge in [-0.25, -0.2) is 0 Å². The van der Waals surface area contributed by atoms with Crippen molar-refractivity contribution in [1.29, 1.82) is 0 Å². The second kappa shape index (κ2) is 5.03. The van der Waals surface area contributed by atoms with Crippen molar-refractivity contribution in [1.82, 2.24) is 4.98 Å². The van der Waals surface area contributed by atoms with Gasteiger partial charge in [0, 0.05) is 18.1 Å². The van der Waals surface area contributed by atoms with Crippen LogP contribution in [0.1, 0.15) is 5.56 Å². The summed E-state index contributed by atoms with van der Waals surface area (Å²) < 4.78 is 37.0. The van der Waals surface area contributed by atoms with Crippen LogP contribution in [0.3, 0.4) is 0 Å². The van der Waals surface area contributed by atoms with Crippen LogP contribution in [-0.4, -0.2) is 35.3 Å². The summed E-state index contributed by atoms with van der Waals surface area (Å²) in [4.78, 5) is 15.1. The first-order valence-corrected chi connectivity index (χ1v) is 4.73. The maximum Gasteiger partial charge on any atom is 0.405 e. The Hall–Kier alpha value is -1.79. The molecule has 0 aliphatic rings. The van der Waals surface area contributed by atoms with Gasteiger partial charge in [0.1, 0.15) is 13.1 Å². The Balaban J connectivity index is 2.98. The number of aryl methyl sites for hydroxylation is 1. The van der Waals surface area contributed by atoms with Crippen LogP contribution in [0.2, 0.25) is 0 Å². The Kier molecular flexibility index (Phi) is 3.93. The van der Waals surface area contributed by atoms with E-state index in [-0.39, 0.29) is 5.69 Å². The van der Waals surface area contributed by atoms with Crippen molar-refractivity contribution in [2.45, 2.75) is 13.1 Å². The van der Waals surface area contributed by atoms with E-state index in [1.165, 1.54) is 18.5 Å². The van der Waals surface area contributed by atoms with Crippen LogP contribution in [0.25, 0.3) is 0 Å². The lowest BCUT2D eigenvalue weighted by Gasteiger charge is -2.25. The maximum atomic E-state index is 12.3. The molecule has 1 aromatic heterocycles. The lowest BCUT2D eigenvalue weighted by Crippen LogP contribution is -2.38. The van der Waals surface area contributed by atoms with Gasteiger partial charge in [-0.15, -0.1) is 0 Å². The number of aliphatic carboxylic acids is 1. The van der Waals surface area contributed by atoms with E-state index in [1.807, 2.05) is 0 Å². The molecule has 0 aliphatic carbocycles. The molecule has 17 heavy (non-hydrogen) atoms. The Morgan fingerprint density at radius 3 is 2.65 bits per heavy atom. The number of alkyl halides is 3. The molecule has 0 saturated heterocycles. The zero-order chi connectivity index (χ0) is 13.1.